The molecule has 0 saturated carbocycles. The first kappa shape index (κ1) is 10.7. The molecule has 0 heterocycles. The van der Waals surface area contributed by atoms with Crippen molar-refractivity contribution in [1.29, 1.82) is 0 Å². The summed E-state index contributed by atoms with van der Waals surface area (Å²) < 4.78 is 5.07. The molecule has 0 atom stereocenters. The average molecular weight is 194 g/mol. The third kappa shape index (κ3) is 1.92. The van der Waals surface area contributed by atoms with Crippen LogP contribution in [-0.2, 0) is 14.3 Å². The summed E-state index contributed by atoms with van der Waals surface area (Å²) in [7, 11) is 1.49. The number of hydrogen-bond acceptors (Lipinski definition) is 3. The number of carbonyl (C=O) groups is 2. The first-order valence-corrected chi connectivity index (χ1v) is 4.43. The summed E-state index contributed by atoms with van der Waals surface area (Å²) in [5.74, 6) is -0.507. The Bertz CT molecular complexity index is 340. The fourth-order valence-electron chi connectivity index (χ4n) is 1.30. The topological polar surface area (TPSA) is 43.4 Å². The van der Waals surface area contributed by atoms with Gasteiger partial charge in [0.15, 0.2) is 0 Å². The summed E-state index contributed by atoms with van der Waals surface area (Å²) in [4.78, 5) is 22.3. The molecule has 0 fully saturated rings. The Balaban J connectivity index is 3.17. The third-order valence-corrected chi connectivity index (χ3v) is 2.07. The first-order valence-electron chi connectivity index (χ1n) is 4.43. The molecule has 0 aliphatic heterocycles. The van der Waals surface area contributed by atoms with Gasteiger partial charge in [-0.15, -0.1) is 0 Å². The number of methoxy groups -OCH3 is 1. The van der Waals surface area contributed by atoms with Crippen molar-refractivity contribution < 1.29 is 14.3 Å². The SMILES string of the molecule is COC1=CC(=O)C(=O)C=C1C(C)(C)C. The summed E-state index contributed by atoms with van der Waals surface area (Å²) in [5.41, 5.74) is 0.572. The molecule has 3 nitrogen and oxygen atoms in total. The molecule has 0 aromatic carbocycles. The van der Waals surface area contributed by atoms with Crippen molar-refractivity contribution >= 4 is 11.6 Å². The van der Waals surface area contributed by atoms with Crippen LogP contribution in [0.5, 0.6) is 0 Å². The lowest BCUT2D eigenvalue weighted by Gasteiger charge is -2.25. The highest BCUT2D eigenvalue weighted by atomic mass is 16.5. The molecule has 0 aromatic rings. The highest BCUT2D eigenvalue weighted by Crippen LogP contribution is 2.33. The molecular weight excluding hydrogens is 180 g/mol. The second-order valence-electron chi connectivity index (χ2n) is 4.25. The van der Waals surface area contributed by atoms with Crippen LogP contribution in [-0.4, -0.2) is 18.7 Å². The van der Waals surface area contributed by atoms with E-state index in [1.54, 1.807) is 0 Å². The van der Waals surface area contributed by atoms with Gasteiger partial charge in [0.05, 0.1) is 7.11 Å². The maximum absolute atomic E-state index is 11.2. The normalized spacial score (nSPS) is 17.7. The summed E-state index contributed by atoms with van der Waals surface area (Å²) in [6, 6.07) is 0. The monoisotopic (exact) mass is 194 g/mol. The predicted octanol–water partition coefficient (Wildman–Crippen LogP) is 1.64. The van der Waals surface area contributed by atoms with Gasteiger partial charge < -0.3 is 4.74 Å². The van der Waals surface area contributed by atoms with E-state index in [2.05, 4.69) is 0 Å². The van der Waals surface area contributed by atoms with Gasteiger partial charge in [-0.05, 0) is 11.5 Å². The molecule has 1 aliphatic carbocycles. The molecule has 0 unspecified atom stereocenters. The van der Waals surface area contributed by atoms with E-state index in [9.17, 15) is 9.59 Å². The van der Waals surface area contributed by atoms with Crippen LogP contribution in [0.1, 0.15) is 20.8 Å². The Morgan fingerprint density at radius 2 is 1.57 bits per heavy atom. The molecule has 0 bridgehead atoms. The highest BCUT2D eigenvalue weighted by molar-refractivity contribution is 6.46. The quantitative estimate of drug-likeness (QED) is 0.471. The van der Waals surface area contributed by atoms with Gasteiger partial charge in [-0.25, -0.2) is 0 Å². The molecule has 0 spiro atoms. The molecule has 0 amide bonds. The minimum Gasteiger partial charge on any atom is -0.496 e. The van der Waals surface area contributed by atoms with E-state index in [0.29, 0.717) is 5.76 Å². The molecule has 1 rings (SSSR count). The Hall–Kier alpha value is -1.38. The molecule has 1 aliphatic rings. The zero-order chi connectivity index (χ0) is 10.9. The largest absolute Gasteiger partial charge is 0.496 e. The number of allylic oxidation sites excluding steroid dienone is 3. The third-order valence-electron chi connectivity index (χ3n) is 2.07. The van der Waals surface area contributed by atoms with Gasteiger partial charge in [-0.3, -0.25) is 9.59 Å². The van der Waals surface area contributed by atoms with Crippen LogP contribution in [0.25, 0.3) is 0 Å². The van der Waals surface area contributed by atoms with Crippen LogP contribution in [0.15, 0.2) is 23.5 Å². The summed E-state index contributed by atoms with van der Waals surface area (Å²) in [6.45, 7) is 5.90. The first-order chi connectivity index (χ1) is 6.36. The fraction of sp³-hybridized carbons (Fsp3) is 0.455. The summed E-state index contributed by atoms with van der Waals surface area (Å²) >= 11 is 0. The molecule has 0 saturated heterocycles. The predicted molar refractivity (Wildman–Crippen MR) is 52.6 cm³/mol. The summed E-state index contributed by atoms with van der Waals surface area (Å²) in [6.07, 6.45) is 2.62. The van der Waals surface area contributed by atoms with E-state index in [-0.39, 0.29) is 5.41 Å². The molecular formula is C11H14O3. The fourth-order valence-corrected chi connectivity index (χ4v) is 1.30. The van der Waals surface area contributed by atoms with Crippen molar-refractivity contribution in [2.75, 3.05) is 7.11 Å². The van der Waals surface area contributed by atoms with Crippen LogP contribution >= 0.6 is 0 Å². The van der Waals surface area contributed by atoms with Crippen LogP contribution in [0.2, 0.25) is 0 Å². The molecule has 0 radical (unpaired) electrons. The molecule has 0 N–H and O–H groups in total. The van der Waals surface area contributed by atoms with Crippen molar-refractivity contribution in [3.8, 4) is 0 Å². The van der Waals surface area contributed by atoms with Crippen molar-refractivity contribution in [1.82, 2.24) is 0 Å². The van der Waals surface area contributed by atoms with Crippen LogP contribution < -0.4 is 0 Å². The van der Waals surface area contributed by atoms with Crippen LogP contribution in [0.3, 0.4) is 0 Å². The number of rotatable bonds is 1. The lowest BCUT2D eigenvalue weighted by atomic mass is 9.82. The van der Waals surface area contributed by atoms with Gasteiger partial charge in [0, 0.05) is 11.6 Å². The highest BCUT2D eigenvalue weighted by Gasteiger charge is 2.28. The Morgan fingerprint density at radius 1 is 1.07 bits per heavy atom. The average Bonchev–Trinajstić information content (AvgIpc) is 2.07. The van der Waals surface area contributed by atoms with Gasteiger partial charge >= 0.3 is 0 Å². The minimum absolute atomic E-state index is 0.196. The Kier molecular flexibility index (Phi) is 2.60. The zero-order valence-corrected chi connectivity index (χ0v) is 8.88. The molecule has 14 heavy (non-hydrogen) atoms. The van der Waals surface area contributed by atoms with Crippen molar-refractivity contribution in [3.05, 3.63) is 23.5 Å². The number of hydrogen-bond donors (Lipinski definition) is 0. The number of ketones is 2. The second kappa shape index (κ2) is 3.40. The van der Waals surface area contributed by atoms with Crippen molar-refractivity contribution in [2.24, 2.45) is 5.41 Å². The Morgan fingerprint density at radius 3 is 2.00 bits per heavy atom. The van der Waals surface area contributed by atoms with Crippen LogP contribution in [0.4, 0.5) is 0 Å². The lowest BCUT2D eigenvalue weighted by molar-refractivity contribution is -0.131. The standard InChI is InChI=1S/C11H14O3/c1-11(2,3)7-5-8(12)9(13)6-10(7)14-4/h5-6H,1-4H3. The second-order valence-corrected chi connectivity index (χ2v) is 4.25. The maximum atomic E-state index is 11.2. The van der Waals surface area contributed by atoms with E-state index in [1.165, 1.54) is 19.3 Å². The van der Waals surface area contributed by atoms with E-state index in [1.807, 2.05) is 20.8 Å². The number of ether oxygens (including phenoxy) is 1. The molecule has 3 heteroatoms. The van der Waals surface area contributed by atoms with E-state index >= 15 is 0 Å². The number of carbonyl (C=O) groups excluding carboxylic acids is 2. The van der Waals surface area contributed by atoms with Crippen molar-refractivity contribution in [3.63, 3.8) is 0 Å². The minimum atomic E-state index is -0.519. The molecule has 0 aromatic heterocycles. The van der Waals surface area contributed by atoms with Crippen LogP contribution in [0, 0.1) is 5.41 Å². The zero-order valence-electron chi connectivity index (χ0n) is 8.88. The maximum Gasteiger partial charge on any atom is 0.229 e. The van der Waals surface area contributed by atoms with E-state index in [4.69, 9.17) is 4.74 Å². The van der Waals surface area contributed by atoms with E-state index < -0.39 is 11.6 Å². The Labute approximate surface area is 83.4 Å². The summed E-state index contributed by atoms with van der Waals surface area (Å²) in [5, 5.41) is 0. The van der Waals surface area contributed by atoms with Gasteiger partial charge in [0.2, 0.25) is 11.6 Å². The smallest absolute Gasteiger partial charge is 0.229 e. The van der Waals surface area contributed by atoms with Crippen molar-refractivity contribution in [2.45, 2.75) is 20.8 Å². The lowest BCUT2D eigenvalue weighted by Crippen LogP contribution is -2.22. The van der Waals surface area contributed by atoms with Gasteiger partial charge in [-0.2, -0.15) is 0 Å². The van der Waals surface area contributed by atoms with E-state index in [0.717, 1.165) is 5.57 Å². The van der Waals surface area contributed by atoms with Gasteiger partial charge in [-0.1, -0.05) is 20.8 Å². The van der Waals surface area contributed by atoms with Gasteiger partial charge in [0.25, 0.3) is 0 Å². The van der Waals surface area contributed by atoms with Gasteiger partial charge in [0.1, 0.15) is 5.76 Å². The molecule has 76 valence electrons.